The Morgan fingerprint density at radius 3 is 2.25 bits per heavy atom. The molecule has 5 nitrogen and oxygen atoms in total. The highest BCUT2D eigenvalue weighted by atomic mass is 19.3. The maximum atomic E-state index is 14.2. The van der Waals surface area contributed by atoms with Crippen LogP contribution in [0.25, 0.3) is 0 Å². The molecule has 0 saturated heterocycles. The largest absolute Gasteiger partial charge is 0.467 e. The van der Waals surface area contributed by atoms with Crippen LogP contribution in [0.2, 0.25) is 0 Å². The van der Waals surface area contributed by atoms with E-state index < -0.39 is 29.9 Å². The summed E-state index contributed by atoms with van der Waals surface area (Å²) in [4.78, 5) is 24.7. The van der Waals surface area contributed by atoms with Crippen LogP contribution >= 0.6 is 0 Å². The molecule has 24 heavy (non-hydrogen) atoms. The summed E-state index contributed by atoms with van der Waals surface area (Å²) < 4.78 is 33.1. The van der Waals surface area contributed by atoms with Gasteiger partial charge in [-0.1, -0.05) is 46.5 Å². The van der Waals surface area contributed by atoms with E-state index in [0.717, 1.165) is 33.4 Å². The quantitative estimate of drug-likeness (QED) is 0.459. The minimum absolute atomic E-state index is 0.0111. The molecular formula is C17H31F2NO4. The summed E-state index contributed by atoms with van der Waals surface area (Å²) in [6, 6.07) is -1.10. The van der Waals surface area contributed by atoms with E-state index >= 15 is 0 Å². The molecule has 7 heteroatoms. The van der Waals surface area contributed by atoms with E-state index in [4.69, 9.17) is 0 Å². The molecule has 0 fully saturated rings. The maximum absolute atomic E-state index is 14.2. The molecule has 0 bridgehead atoms. The van der Waals surface area contributed by atoms with E-state index in [9.17, 15) is 23.5 Å². The van der Waals surface area contributed by atoms with Crippen molar-refractivity contribution in [3.63, 3.8) is 0 Å². The Morgan fingerprint density at radius 1 is 1.21 bits per heavy atom. The number of hydrogen-bond acceptors (Lipinski definition) is 4. The molecule has 0 saturated carbocycles. The van der Waals surface area contributed by atoms with Crippen LogP contribution in [0, 0.1) is 5.92 Å². The van der Waals surface area contributed by atoms with Crippen LogP contribution in [0.15, 0.2) is 0 Å². The number of amides is 1. The molecule has 0 spiro atoms. The van der Waals surface area contributed by atoms with E-state index in [1.54, 1.807) is 0 Å². The van der Waals surface area contributed by atoms with Crippen molar-refractivity contribution in [2.45, 2.75) is 77.4 Å². The summed E-state index contributed by atoms with van der Waals surface area (Å²) in [6.07, 6.45) is 0.994. The number of hydrogen-bond donors (Lipinski definition) is 1. The molecule has 0 aliphatic heterocycles. The van der Waals surface area contributed by atoms with Crippen molar-refractivity contribution >= 4 is 11.9 Å². The first-order valence-corrected chi connectivity index (χ1v) is 8.50. The van der Waals surface area contributed by atoms with Crippen LogP contribution in [-0.2, 0) is 14.3 Å². The number of esters is 1. The smallest absolute Gasteiger partial charge is 0.349 e. The zero-order valence-corrected chi connectivity index (χ0v) is 15.3. The third kappa shape index (κ3) is 6.71. The Labute approximate surface area is 143 Å². The number of halogens is 2. The molecule has 0 rings (SSSR count). The first-order chi connectivity index (χ1) is 11.1. The fourth-order valence-electron chi connectivity index (χ4n) is 2.46. The molecule has 0 aliphatic rings. The summed E-state index contributed by atoms with van der Waals surface area (Å²) in [5.41, 5.74) is 0. The lowest BCUT2D eigenvalue weighted by Crippen LogP contribution is -2.54. The summed E-state index contributed by atoms with van der Waals surface area (Å²) in [5.74, 6) is -6.21. The Hall–Kier alpha value is -1.24. The number of aliphatic hydroxyl groups is 1. The molecule has 0 heterocycles. The number of rotatable bonds is 11. The fourth-order valence-corrected chi connectivity index (χ4v) is 2.46. The van der Waals surface area contributed by atoms with Gasteiger partial charge in [0.2, 0.25) is 0 Å². The number of alkyl halides is 2. The Bertz CT molecular complexity index is 402. The van der Waals surface area contributed by atoms with Gasteiger partial charge in [-0.2, -0.15) is 8.78 Å². The summed E-state index contributed by atoms with van der Waals surface area (Å²) >= 11 is 0. The Morgan fingerprint density at radius 2 is 1.79 bits per heavy atom. The van der Waals surface area contributed by atoms with Gasteiger partial charge >= 0.3 is 11.9 Å². The monoisotopic (exact) mass is 351 g/mol. The molecule has 0 aromatic carbocycles. The van der Waals surface area contributed by atoms with Crippen molar-refractivity contribution in [2.24, 2.45) is 5.92 Å². The van der Waals surface area contributed by atoms with Crippen LogP contribution in [0.1, 0.15) is 59.3 Å². The van der Waals surface area contributed by atoms with E-state index in [1.165, 1.54) is 0 Å². The SMILES string of the molecule is CCCCCCC(O)C(F)(F)C(=O)N(C)C(CC(C)C)C(=O)OC. The topological polar surface area (TPSA) is 66.8 Å². The van der Waals surface area contributed by atoms with Gasteiger partial charge in [-0.3, -0.25) is 4.79 Å². The number of carbonyl (C=O) groups excluding carboxylic acids is 2. The minimum Gasteiger partial charge on any atom is -0.467 e. The normalized spacial score (nSPS) is 14.4. The van der Waals surface area contributed by atoms with Crippen molar-refractivity contribution in [1.82, 2.24) is 4.90 Å². The summed E-state index contributed by atoms with van der Waals surface area (Å²) in [6.45, 7) is 5.62. The molecule has 2 atom stereocenters. The average molecular weight is 351 g/mol. The predicted octanol–water partition coefficient (Wildman–Crippen LogP) is 3.00. The van der Waals surface area contributed by atoms with Gasteiger partial charge in [-0.05, 0) is 18.8 Å². The van der Waals surface area contributed by atoms with Gasteiger partial charge < -0.3 is 14.7 Å². The molecule has 0 aromatic heterocycles. The maximum Gasteiger partial charge on any atom is 0.349 e. The second-order valence-corrected chi connectivity index (χ2v) is 6.57. The third-order valence-electron chi connectivity index (χ3n) is 3.99. The predicted molar refractivity (Wildman–Crippen MR) is 87.7 cm³/mol. The molecule has 0 radical (unpaired) electrons. The van der Waals surface area contributed by atoms with E-state index in [1.807, 2.05) is 20.8 Å². The lowest BCUT2D eigenvalue weighted by molar-refractivity contribution is -0.179. The van der Waals surface area contributed by atoms with Crippen LogP contribution in [0.3, 0.4) is 0 Å². The van der Waals surface area contributed by atoms with Crippen molar-refractivity contribution in [1.29, 1.82) is 0 Å². The Balaban J connectivity index is 4.99. The van der Waals surface area contributed by atoms with Gasteiger partial charge in [0.05, 0.1) is 7.11 Å². The van der Waals surface area contributed by atoms with Gasteiger partial charge in [0.1, 0.15) is 12.1 Å². The molecule has 0 aliphatic carbocycles. The van der Waals surface area contributed by atoms with E-state index in [0.29, 0.717) is 11.3 Å². The van der Waals surface area contributed by atoms with Crippen LogP contribution in [0.4, 0.5) is 8.78 Å². The highest BCUT2D eigenvalue weighted by Crippen LogP contribution is 2.27. The lowest BCUT2D eigenvalue weighted by atomic mass is 10.00. The number of aliphatic hydroxyl groups excluding tert-OH is 1. The highest BCUT2D eigenvalue weighted by Gasteiger charge is 2.49. The minimum atomic E-state index is -3.93. The second-order valence-electron chi connectivity index (χ2n) is 6.57. The number of ether oxygens (including phenoxy) is 1. The molecule has 2 unspecified atom stereocenters. The standard InChI is InChI=1S/C17H31F2NO4/c1-6-7-8-9-10-14(21)17(18,19)16(23)20(4)13(11-12(2)3)15(22)24-5/h12-14,21H,6-11H2,1-5H3. The first-order valence-electron chi connectivity index (χ1n) is 8.50. The number of carbonyl (C=O) groups is 2. The first kappa shape index (κ1) is 22.8. The number of nitrogens with zero attached hydrogens (tertiary/aromatic N) is 1. The Kier molecular flexibility index (Phi) is 10.0. The molecular weight excluding hydrogens is 320 g/mol. The van der Waals surface area contributed by atoms with Gasteiger partial charge in [0.15, 0.2) is 0 Å². The third-order valence-corrected chi connectivity index (χ3v) is 3.99. The molecule has 142 valence electrons. The van der Waals surface area contributed by atoms with Gasteiger partial charge in [0, 0.05) is 7.05 Å². The van der Waals surface area contributed by atoms with Gasteiger partial charge in [-0.15, -0.1) is 0 Å². The van der Waals surface area contributed by atoms with Crippen molar-refractivity contribution in [3.8, 4) is 0 Å². The fraction of sp³-hybridized carbons (Fsp3) is 0.882. The van der Waals surface area contributed by atoms with Crippen LogP contribution in [0.5, 0.6) is 0 Å². The lowest BCUT2D eigenvalue weighted by Gasteiger charge is -2.32. The van der Waals surface area contributed by atoms with Gasteiger partial charge in [-0.25, -0.2) is 4.79 Å². The van der Waals surface area contributed by atoms with Crippen LogP contribution in [-0.4, -0.2) is 54.1 Å². The number of likely N-dealkylation sites (N-methyl/N-ethyl adjacent to an activating group) is 1. The summed E-state index contributed by atoms with van der Waals surface area (Å²) in [5, 5.41) is 9.74. The van der Waals surface area contributed by atoms with Gasteiger partial charge in [0.25, 0.3) is 5.91 Å². The summed E-state index contributed by atoms with van der Waals surface area (Å²) in [7, 11) is 2.29. The molecule has 0 aromatic rings. The van der Waals surface area contributed by atoms with Crippen molar-refractivity contribution < 1.29 is 28.2 Å². The van der Waals surface area contributed by atoms with Crippen LogP contribution < -0.4 is 0 Å². The van der Waals surface area contributed by atoms with Crippen molar-refractivity contribution in [3.05, 3.63) is 0 Å². The molecule has 1 N–H and O–H groups in total. The zero-order chi connectivity index (χ0) is 18.9. The average Bonchev–Trinajstić information content (AvgIpc) is 2.53. The number of methoxy groups -OCH3 is 1. The number of unbranched alkanes of at least 4 members (excludes halogenated alkanes) is 3. The molecule has 1 amide bonds. The second kappa shape index (κ2) is 10.6. The van der Waals surface area contributed by atoms with E-state index in [-0.39, 0.29) is 18.8 Å². The van der Waals surface area contributed by atoms with E-state index in [2.05, 4.69) is 4.74 Å². The highest BCUT2D eigenvalue weighted by molar-refractivity contribution is 5.88. The zero-order valence-electron chi connectivity index (χ0n) is 15.3. The van der Waals surface area contributed by atoms with Crippen molar-refractivity contribution in [2.75, 3.05) is 14.2 Å².